The van der Waals surface area contributed by atoms with Gasteiger partial charge in [-0.25, -0.2) is 0 Å². The minimum Gasteiger partial charge on any atom is -0.378 e. The standard InChI is InChI=1S/C43H40O6S2/c1-29-17-13-15-23-39(29)50(44,45)48-41-31(3)25-37(26-32(41)4)43(35-19-9-7-10-20-35,36-21-11-8-12-22-36)38-27-33(5)42(34(6)28-38)49-51(46,47)40-24-16-14-18-30(40)2/h7-28H,1-6H3. The molecule has 0 saturated carbocycles. The van der Waals surface area contributed by atoms with E-state index in [1.165, 1.54) is 0 Å². The van der Waals surface area contributed by atoms with E-state index in [0.29, 0.717) is 33.4 Å². The summed E-state index contributed by atoms with van der Waals surface area (Å²) in [6.07, 6.45) is 0. The van der Waals surface area contributed by atoms with Crippen LogP contribution >= 0.6 is 0 Å². The van der Waals surface area contributed by atoms with Crippen LogP contribution in [-0.4, -0.2) is 16.8 Å². The van der Waals surface area contributed by atoms with Crippen LogP contribution in [0.5, 0.6) is 11.5 Å². The van der Waals surface area contributed by atoms with E-state index in [4.69, 9.17) is 8.37 Å². The Hall–Kier alpha value is -5.18. The lowest BCUT2D eigenvalue weighted by Crippen LogP contribution is -2.31. The largest absolute Gasteiger partial charge is 0.378 e. The summed E-state index contributed by atoms with van der Waals surface area (Å²) < 4.78 is 65.8. The Bertz CT molecular complexity index is 2230. The van der Waals surface area contributed by atoms with Gasteiger partial charge in [0, 0.05) is 0 Å². The zero-order chi connectivity index (χ0) is 36.6. The van der Waals surface area contributed by atoms with Gasteiger partial charge in [0.15, 0.2) is 0 Å². The van der Waals surface area contributed by atoms with E-state index in [1.54, 1.807) is 62.4 Å². The molecule has 6 rings (SSSR count). The first-order chi connectivity index (χ1) is 24.3. The molecule has 8 heteroatoms. The van der Waals surface area contributed by atoms with Crippen molar-refractivity contribution in [1.29, 1.82) is 0 Å². The van der Waals surface area contributed by atoms with E-state index in [9.17, 15) is 16.8 Å². The van der Waals surface area contributed by atoms with Gasteiger partial charge in [-0.15, -0.1) is 0 Å². The highest BCUT2D eigenvalue weighted by Gasteiger charge is 2.40. The number of benzene rings is 6. The molecule has 0 heterocycles. The van der Waals surface area contributed by atoms with Gasteiger partial charge in [-0.05, 0) is 109 Å². The van der Waals surface area contributed by atoms with Gasteiger partial charge in [0.05, 0.1) is 5.41 Å². The van der Waals surface area contributed by atoms with Crippen LogP contribution in [0.25, 0.3) is 0 Å². The molecule has 0 aromatic heterocycles. The Morgan fingerprint density at radius 1 is 0.373 bits per heavy atom. The van der Waals surface area contributed by atoms with Crippen molar-refractivity contribution in [3.05, 3.63) is 189 Å². The van der Waals surface area contributed by atoms with Crippen LogP contribution < -0.4 is 8.37 Å². The maximum Gasteiger partial charge on any atom is 0.339 e. The van der Waals surface area contributed by atoms with Gasteiger partial charge in [0.2, 0.25) is 0 Å². The molecule has 0 bridgehead atoms. The second kappa shape index (κ2) is 13.9. The molecule has 0 fully saturated rings. The molecule has 0 unspecified atom stereocenters. The Labute approximate surface area is 301 Å². The Morgan fingerprint density at radius 2 is 0.667 bits per heavy atom. The molecule has 0 aliphatic heterocycles. The first-order valence-electron chi connectivity index (χ1n) is 16.6. The summed E-state index contributed by atoms with van der Waals surface area (Å²) in [5.41, 5.74) is 6.59. The lowest BCUT2D eigenvalue weighted by Gasteiger charge is -2.38. The number of aryl methyl sites for hydroxylation is 6. The SMILES string of the molecule is Cc1ccccc1S(=O)(=O)Oc1c(C)cc(C(c2ccccc2)(c2ccccc2)c2cc(C)c(OS(=O)(=O)c3ccccc3C)c(C)c2)cc1C. The first-order valence-corrected chi connectivity index (χ1v) is 19.4. The fourth-order valence-electron chi connectivity index (χ4n) is 6.96. The molecule has 51 heavy (non-hydrogen) atoms. The molecule has 6 aromatic rings. The van der Waals surface area contributed by atoms with Crippen LogP contribution in [0.15, 0.2) is 143 Å². The maximum absolute atomic E-state index is 13.5. The molecule has 0 aliphatic rings. The third kappa shape index (κ3) is 6.69. The lowest BCUT2D eigenvalue weighted by atomic mass is 9.64. The van der Waals surface area contributed by atoms with E-state index in [2.05, 4.69) is 24.3 Å². The second-order valence-corrected chi connectivity index (χ2v) is 16.0. The average Bonchev–Trinajstić information content (AvgIpc) is 3.10. The predicted molar refractivity (Wildman–Crippen MR) is 202 cm³/mol. The molecule has 260 valence electrons. The van der Waals surface area contributed by atoms with Crippen molar-refractivity contribution in [2.75, 3.05) is 0 Å². The van der Waals surface area contributed by atoms with E-state index in [-0.39, 0.29) is 21.3 Å². The normalized spacial score (nSPS) is 12.0. The van der Waals surface area contributed by atoms with Crippen molar-refractivity contribution >= 4 is 20.2 Å². The first kappa shape index (κ1) is 35.6. The maximum atomic E-state index is 13.5. The quantitative estimate of drug-likeness (QED) is 0.104. The molecule has 0 saturated heterocycles. The summed E-state index contributed by atoms with van der Waals surface area (Å²) in [7, 11) is -8.22. The molecule has 0 radical (unpaired) electrons. The summed E-state index contributed by atoms with van der Waals surface area (Å²) >= 11 is 0. The minimum absolute atomic E-state index is 0.119. The molecular formula is C43H40O6S2. The highest BCUT2D eigenvalue weighted by atomic mass is 32.2. The Balaban J connectivity index is 1.57. The zero-order valence-corrected chi connectivity index (χ0v) is 31.1. The summed E-state index contributed by atoms with van der Waals surface area (Å²) in [6, 6.07) is 41.6. The van der Waals surface area contributed by atoms with Crippen molar-refractivity contribution in [3.63, 3.8) is 0 Å². The minimum atomic E-state index is -4.11. The van der Waals surface area contributed by atoms with Crippen LogP contribution in [0.1, 0.15) is 55.6 Å². The summed E-state index contributed by atoms with van der Waals surface area (Å²) in [4.78, 5) is 0.238. The summed E-state index contributed by atoms with van der Waals surface area (Å²) in [5, 5.41) is 0. The van der Waals surface area contributed by atoms with Gasteiger partial charge >= 0.3 is 20.2 Å². The zero-order valence-electron chi connectivity index (χ0n) is 29.5. The van der Waals surface area contributed by atoms with Gasteiger partial charge in [0.25, 0.3) is 0 Å². The third-order valence-corrected chi connectivity index (χ3v) is 12.1. The van der Waals surface area contributed by atoms with Crippen molar-refractivity contribution < 1.29 is 25.2 Å². The van der Waals surface area contributed by atoms with Crippen LogP contribution in [0, 0.1) is 41.5 Å². The van der Waals surface area contributed by atoms with E-state index in [0.717, 1.165) is 22.3 Å². The molecule has 0 spiro atoms. The smallest absolute Gasteiger partial charge is 0.339 e. The summed E-state index contributed by atoms with van der Waals surface area (Å²) in [5.74, 6) is 0.545. The van der Waals surface area contributed by atoms with Crippen LogP contribution in [-0.2, 0) is 25.7 Å². The highest BCUT2D eigenvalue weighted by Crippen LogP contribution is 2.48. The van der Waals surface area contributed by atoms with Gasteiger partial charge in [-0.3, -0.25) is 0 Å². The van der Waals surface area contributed by atoms with Crippen molar-refractivity contribution in [2.24, 2.45) is 0 Å². The van der Waals surface area contributed by atoms with Crippen molar-refractivity contribution in [1.82, 2.24) is 0 Å². The van der Waals surface area contributed by atoms with Gasteiger partial charge in [-0.1, -0.05) is 121 Å². The molecule has 0 amide bonds. The van der Waals surface area contributed by atoms with Crippen molar-refractivity contribution in [3.8, 4) is 11.5 Å². The Morgan fingerprint density at radius 3 is 0.980 bits per heavy atom. The topological polar surface area (TPSA) is 86.7 Å². The predicted octanol–water partition coefficient (Wildman–Crippen LogP) is 9.46. The van der Waals surface area contributed by atoms with Crippen LogP contribution in [0.3, 0.4) is 0 Å². The van der Waals surface area contributed by atoms with E-state index < -0.39 is 25.7 Å². The monoisotopic (exact) mass is 716 g/mol. The number of hydrogen-bond donors (Lipinski definition) is 0. The average molecular weight is 717 g/mol. The lowest BCUT2D eigenvalue weighted by molar-refractivity contribution is 0.480. The van der Waals surface area contributed by atoms with Crippen LogP contribution in [0.4, 0.5) is 0 Å². The molecule has 0 N–H and O–H groups in total. The number of rotatable bonds is 10. The molecule has 0 aliphatic carbocycles. The third-order valence-electron chi connectivity index (χ3n) is 9.31. The molecular weight excluding hydrogens is 677 g/mol. The van der Waals surface area contributed by atoms with Crippen molar-refractivity contribution in [2.45, 2.75) is 56.7 Å². The Kier molecular flexibility index (Phi) is 9.68. The van der Waals surface area contributed by atoms with Crippen LogP contribution in [0.2, 0.25) is 0 Å². The van der Waals surface area contributed by atoms with Gasteiger partial charge in [-0.2, -0.15) is 16.8 Å². The van der Waals surface area contributed by atoms with Gasteiger partial charge < -0.3 is 8.37 Å². The molecule has 6 aromatic carbocycles. The van der Waals surface area contributed by atoms with E-state index in [1.807, 2.05) is 88.4 Å². The highest BCUT2D eigenvalue weighted by molar-refractivity contribution is 7.87. The molecule has 0 atom stereocenters. The summed E-state index contributed by atoms with van der Waals surface area (Å²) in [6.45, 7) is 10.9. The number of hydrogen-bond acceptors (Lipinski definition) is 6. The molecule has 6 nitrogen and oxygen atoms in total. The van der Waals surface area contributed by atoms with E-state index >= 15 is 0 Å². The fourth-order valence-corrected chi connectivity index (χ4v) is 9.52. The fraction of sp³-hybridized carbons (Fsp3) is 0.163. The second-order valence-electron chi connectivity index (χ2n) is 13.0. The van der Waals surface area contributed by atoms with Gasteiger partial charge in [0.1, 0.15) is 21.3 Å².